The highest BCUT2D eigenvalue weighted by molar-refractivity contribution is 5.76. The summed E-state index contributed by atoms with van der Waals surface area (Å²) in [4.78, 5) is 24.5. The quantitative estimate of drug-likeness (QED) is 0.0320. The van der Waals surface area contributed by atoms with Crippen molar-refractivity contribution < 1.29 is 24.5 Å². The molecule has 0 radical (unpaired) electrons. The topological polar surface area (TPSA) is 95.9 Å². The van der Waals surface area contributed by atoms with E-state index in [2.05, 4.69) is 43.5 Å². The maximum atomic E-state index is 12.4. The third-order valence-corrected chi connectivity index (χ3v) is 16.1. The van der Waals surface area contributed by atoms with Crippen LogP contribution < -0.4 is 5.32 Å². The highest BCUT2D eigenvalue weighted by Crippen LogP contribution is 2.18. The number of carbonyl (C=O) groups is 2. The Balaban J connectivity index is 3.32. The summed E-state index contributed by atoms with van der Waals surface area (Å²) in [6.45, 7) is 4.90. The molecule has 0 aliphatic heterocycles. The first-order valence-electron chi connectivity index (χ1n) is 34.8. The summed E-state index contributed by atoms with van der Waals surface area (Å²) in [5.41, 5.74) is 0. The second kappa shape index (κ2) is 66.6. The van der Waals surface area contributed by atoms with Crippen LogP contribution >= 0.6 is 0 Å². The van der Waals surface area contributed by atoms with Crippen molar-refractivity contribution in [3.05, 3.63) is 36.5 Å². The standard InChI is InChI=1S/C71H135NO5/c1-3-5-7-9-11-13-14-15-16-17-32-36-39-42-45-49-53-57-61-65-71(76)77-66-62-58-54-50-46-43-40-37-34-31-29-27-25-23-21-19-18-20-22-24-26-28-30-33-35-38-41-44-48-52-56-60-64-70(75)72-68(67-73)69(74)63-59-55-51-47-12-10-8-6-4-2/h15-16,21,23,59,63,68-69,73-74H,3-14,17-20,22,24-58,60-62,64-67H2,1-2H3,(H,72,75)/b16-15-,23-21-,63-59+. The van der Waals surface area contributed by atoms with Crippen molar-refractivity contribution in [3.8, 4) is 0 Å². The van der Waals surface area contributed by atoms with Crippen molar-refractivity contribution in [2.24, 2.45) is 0 Å². The van der Waals surface area contributed by atoms with Crippen LogP contribution in [-0.2, 0) is 14.3 Å². The minimum atomic E-state index is -0.840. The first-order valence-corrected chi connectivity index (χ1v) is 34.8. The number of ether oxygens (including phenoxy) is 1. The van der Waals surface area contributed by atoms with Crippen LogP contribution in [0, 0.1) is 0 Å². The van der Waals surface area contributed by atoms with Gasteiger partial charge in [0.15, 0.2) is 0 Å². The number of rotatable bonds is 65. The second-order valence-electron chi connectivity index (χ2n) is 23.9. The van der Waals surface area contributed by atoms with E-state index in [9.17, 15) is 19.8 Å². The molecule has 0 spiro atoms. The number of hydrogen-bond acceptors (Lipinski definition) is 5. The molecule has 2 atom stereocenters. The maximum Gasteiger partial charge on any atom is 0.305 e. The predicted molar refractivity (Wildman–Crippen MR) is 338 cm³/mol. The lowest BCUT2D eigenvalue weighted by atomic mass is 10.0. The molecule has 0 aliphatic carbocycles. The van der Waals surface area contributed by atoms with Crippen molar-refractivity contribution >= 4 is 11.9 Å². The number of esters is 1. The van der Waals surface area contributed by atoms with Crippen molar-refractivity contribution in [2.45, 2.75) is 392 Å². The van der Waals surface area contributed by atoms with Gasteiger partial charge in [0.25, 0.3) is 0 Å². The Morgan fingerprint density at radius 2 is 0.610 bits per heavy atom. The third kappa shape index (κ3) is 63.1. The zero-order valence-electron chi connectivity index (χ0n) is 52.0. The Bertz CT molecular complexity index is 1250. The molecule has 0 aromatic heterocycles. The van der Waals surface area contributed by atoms with Crippen LogP contribution in [0.5, 0.6) is 0 Å². The lowest BCUT2D eigenvalue weighted by Crippen LogP contribution is -2.45. The van der Waals surface area contributed by atoms with Gasteiger partial charge in [0.2, 0.25) is 5.91 Å². The van der Waals surface area contributed by atoms with E-state index in [-0.39, 0.29) is 18.5 Å². The predicted octanol–water partition coefficient (Wildman–Crippen LogP) is 22.3. The van der Waals surface area contributed by atoms with Gasteiger partial charge in [-0.25, -0.2) is 0 Å². The average molecular weight is 1080 g/mol. The lowest BCUT2D eigenvalue weighted by molar-refractivity contribution is -0.143. The third-order valence-electron chi connectivity index (χ3n) is 16.1. The molecule has 6 nitrogen and oxygen atoms in total. The Morgan fingerprint density at radius 1 is 0.351 bits per heavy atom. The summed E-state index contributed by atoms with van der Waals surface area (Å²) in [6.07, 6.45) is 85.3. The smallest absolute Gasteiger partial charge is 0.305 e. The minimum Gasteiger partial charge on any atom is -0.466 e. The molecule has 0 bridgehead atoms. The molecule has 0 aliphatic rings. The van der Waals surface area contributed by atoms with Crippen LogP contribution in [0.25, 0.3) is 0 Å². The fourth-order valence-electron chi connectivity index (χ4n) is 10.8. The van der Waals surface area contributed by atoms with Crippen LogP contribution in [0.4, 0.5) is 0 Å². The summed E-state index contributed by atoms with van der Waals surface area (Å²) in [5, 5.41) is 23.0. The van der Waals surface area contributed by atoms with Gasteiger partial charge in [0.1, 0.15) is 0 Å². The fraction of sp³-hybridized carbons (Fsp3) is 0.887. The molecule has 0 heterocycles. The number of unbranched alkanes of at least 4 members (excludes halogenated alkanes) is 50. The van der Waals surface area contributed by atoms with E-state index in [4.69, 9.17) is 4.74 Å². The molecule has 0 aromatic rings. The van der Waals surface area contributed by atoms with Crippen LogP contribution in [0.2, 0.25) is 0 Å². The average Bonchev–Trinajstić information content (AvgIpc) is 3.43. The molecular formula is C71H135NO5. The number of aliphatic hydroxyl groups excluding tert-OH is 2. The maximum absolute atomic E-state index is 12.4. The van der Waals surface area contributed by atoms with E-state index < -0.39 is 12.1 Å². The van der Waals surface area contributed by atoms with Gasteiger partial charge in [0, 0.05) is 12.8 Å². The van der Waals surface area contributed by atoms with Gasteiger partial charge in [-0.05, 0) is 83.5 Å². The zero-order chi connectivity index (χ0) is 55.7. The van der Waals surface area contributed by atoms with Gasteiger partial charge in [-0.1, -0.05) is 320 Å². The van der Waals surface area contributed by atoms with Gasteiger partial charge >= 0.3 is 5.97 Å². The number of nitrogens with one attached hydrogen (secondary N) is 1. The van der Waals surface area contributed by atoms with Crippen LogP contribution in [0.15, 0.2) is 36.5 Å². The van der Waals surface area contributed by atoms with E-state index in [0.717, 1.165) is 38.5 Å². The van der Waals surface area contributed by atoms with E-state index >= 15 is 0 Å². The molecule has 0 aromatic carbocycles. The van der Waals surface area contributed by atoms with Gasteiger partial charge < -0.3 is 20.3 Å². The summed E-state index contributed by atoms with van der Waals surface area (Å²) in [7, 11) is 0. The largest absolute Gasteiger partial charge is 0.466 e. The highest BCUT2D eigenvalue weighted by atomic mass is 16.5. The summed E-state index contributed by atoms with van der Waals surface area (Å²) < 4.78 is 5.51. The fourth-order valence-corrected chi connectivity index (χ4v) is 10.8. The van der Waals surface area contributed by atoms with E-state index in [1.807, 2.05) is 6.08 Å². The molecule has 6 heteroatoms. The van der Waals surface area contributed by atoms with Crippen molar-refractivity contribution in [2.75, 3.05) is 13.2 Å². The zero-order valence-corrected chi connectivity index (χ0v) is 52.0. The highest BCUT2D eigenvalue weighted by Gasteiger charge is 2.18. The molecule has 0 saturated carbocycles. The summed E-state index contributed by atoms with van der Waals surface area (Å²) >= 11 is 0. The Kier molecular flexibility index (Phi) is 64.9. The van der Waals surface area contributed by atoms with Gasteiger partial charge in [-0.15, -0.1) is 0 Å². The number of hydrogen-bond donors (Lipinski definition) is 3. The summed E-state index contributed by atoms with van der Waals surface area (Å²) in [5.74, 6) is -0.0493. The lowest BCUT2D eigenvalue weighted by Gasteiger charge is -2.20. The Hall–Kier alpha value is -1.92. The number of allylic oxidation sites excluding steroid dienone is 5. The SMILES string of the molecule is CCCCCCCC/C=C\CCCCCCCCCCCC(=O)OCCCCCCCCCCCCCC/C=C\CCCCCCCCCCCCCCCCCCC(=O)NC(CO)C(O)/C=C/CCCCCCCCC. The first kappa shape index (κ1) is 75.1. The Morgan fingerprint density at radius 3 is 0.922 bits per heavy atom. The normalized spacial score (nSPS) is 12.7. The molecule has 454 valence electrons. The minimum absolute atomic E-state index is 0.0177. The molecule has 3 N–H and O–H groups in total. The molecule has 0 saturated heterocycles. The van der Waals surface area contributed by atoms with Crippen molar-refractivity contribution in [1.82, 2.24) is 5.32 Å². The molecular weight excluding hydrogens is 947 g/mol. The molecule has 77 heavy (non-hydrogen) atoms. The van der Waals surface area contributed by atoms with Crippen LogP contribution in [0.3, 0.4) is 0 Å². The van der Waals surface area contributed by atoms with Gasteiger partial charge in [-0.3, -0.25) is 9.59 Å². The van der Waals surface area contributed by atoms with Crippen LogP contribution in [0.1, 0.15) is 380 Å². The van der Waals surface area contributed by atoms with E-state index in [1.54, 1.807) is 6.08 Å². The van der Waals surface area contributed by atoms with Crippen molar-refractivity contribution in [3.63, 3.8) is 0 Å². The van der Waals surface area contributed by atoms with E-state index in [0.29, 0.717) is 19.4 Å². The van der Waals surface area contributed by atoms with Crippen molar-refractivity contribution in [1.29, 1.82) is 0 Å². The van der Waals surface area contributed by atoms with Gasteiger partial charge in [0.05, 0.1) is 25.4 Å². The number of carbonyl (C=O) groups excluding carboxylic acids is 2. The molecule has 1 amide bonds. The Labute approximate surface area is 481 Å². The number of aliphatic hydroxyl groups is 2. The number of amides is 1. The monoisotopic (exact) mass is 1080 g/mol. The molecule has 0 fully saturated rings. The molecule has 0 rings (SSSR count). The molecule has 2 unspecified atom stereocenters. The second-order valence-corrected chi connectivity index (χ2v) is 23.9. The van der Waals surface area contributed by atoms with E-state index in [1.165, 1.54) is 315 Å². The van der Waals surface area contributed by atoms with Gasteiger partial charge in [-0.2, -0.15) is 0 Å². The van der Waals surface area contributed by atoms with Crippen LogP contribution in [-0.4, -0.2) is 47.4 Å². The first-order chi connectivity index (χ1) is 38.0. The summed E-state index contributed by atoms with van der Waals surface area (Å²) in [6, 6.07) is -0.624.